The zero-order valence-electron chi connectivity index (χ0n) is 16.9. The van der Waals surface area contributed by atoms with Crippen LogP contribution < -0.4 is 10.0 Å². The van der Waals surface area contributed by atoms with Gasteiger partial charge in [-0.3, -0.25) is 4.72 Å². The molecule has 2 aromatic heterocycles. The van der Waals surface area contributed by atoms with E-state index in [0.29, 0.717) is 30.5 Å². The molecule has 1 aliphatic rings. The number of aromatic nitrogens is 2. The van der Waals surface area contributed by atoms with Gasteiger partial charge in [-0.25, -0.2) is 13.9 Å². The maximum atomic E-state index is 15.1. The molecule has 14 heteroatoms. The number of alkyl halides is 3. The Morgan fingerprint density at radius 2 is 1.97 bits per heavy atom. The number of fused-ring (bicyclic) bond motifs is 1. The Morgan fingerprint density at radius 3 is 2.62 bits per heavy atom. The summed E-state index contributed by atoms with van der Waals surface area (Å²) in [4.78, 5) is 12.1. The molecular weight excluding hydrogens is 539 g/mol. The Labute approximate surface area is 209 Å². The highest BCUT2D eigenvalue weighted by molar-refractivity contribution is 7.99. The molecule has 2 N–H and O–H groups in total. The van der Waals surface area contributed by atoms with Crippen molar-refractivity contribution in [3.05, 3.63) is 68.5 Å². The SMILES string of the molecule is O=C(NC/C(F)=C1\COCc2cnn(-c3ccc(C(F)(F)F)cc3)c21)NSc1cc(Cl)c(Cl)s1. The number of thiophene rings is 1. The minimum Gasteiger partial charge on any atom is -0.372 e. The minimum absolute atomic E-state index is 0.0879. The van der Waals surface area contributed by atoms with E-state index in [2.05, 4.69) is 15.1 Å². The molecule has 2 amide bonds. The van der Waals surface area contributed by atoms with Gasteiger partial charge in [-0.15, -0.1) is 11.3 Å². The molecule has 0 spiro atoms. The molecule has 0 fully saturated rings. The quantitative estimate of drug-likeness (QED) is 0.281. The molecule has 3 heterocycles. The van der Waals surface area contributed by atoms with Crippen molar-refractivity contribution in [1.29, 1.82) is 0 Å². The van der Waals surface area contributed by atoms with Crippen LogP contribution in [-0.2, 0) is 17.5 Å². The van der Waals surface area contributed by atoms with Crippen molar-refractivity contribution in [2.24, 2.45) is 0 Å². The van der Waals surface area contributed by atoms with E-state index in [4.69, 9.17) is 27.9 Å². The zero-order valence-corrected chi connectivity index (χ0v) is 20.0. The van der Waals surface area contributed by atoms with Crippen molar-refractivity contribution in [2.75, 3.05) is 13.2 Å². The van der Waals surface area contributed by atoms with Crippen LogP contribution in [0.2, 0.25) is 9.36 Å². The molecule has 180 valence electrons. The number of nitrogens with zero attached hydrogens (tertiary/aromatic N) is 2. The molecule has 0 bridgehead atoms. The van der Waals surface area contributed by atoms with Gasteiger partial charge in [0.15, 0.2) is 0 Å². The van der Waals surface area contributed by atoms with E-state index in [1.807, 2.05) is 0 Å². The molecule has 3 aromatic rings. The Hall–Kier alpha value is -2.25. The zero-order chi connectivity index (χ0) is 24.5. The van der Waals surface area contributed by atoms with Gasteiger partial charge in [-0.1, -0.05) is 23.2 Å². The van der Waals surface area contributed by atoms with E-state index < -0.39 is 30.1 Å². The van der Waals surface area contributed by atoms with Gasteiger partial charge >= 0.3 is 12.2 Å². The average Bonchev–Trinajstić information content (AvgIpc) is 3.38. The second-order valence-electron chi connectivity index (χ2n) is 6.92. The molecule has 6 nitrogen and oxygen atoms in total. The lowest BCUT2D eigenvalue weighted by Gasteiger charge is -2.20. The van der Waals surface area contributed by atoms with Crippen molar-refractivity contribution in [3.63, 3.8) is 0 Å². The van der Waals surface area contributed by atoms with Gasteiger partial charge in [0.2, 0.25) is 0 Å². The number of amides is 2. The van der Waals surface area contributed by atoms with Crippen molar-refractivity contribution < 1.29 is 27.1 Å². The molecule has 1 aromatic carbocycles. The monoisotopic (exact) mass is 552 g/mol. The van der Waals surface area contributed by atoms with Crippen LogP contribution in [0, 0.1) is 0 Å². The maximum absolute atomic E-state index is 15.1. The summed E-state index contributed by atoms with van der Waals surface area (Å²) in [7, 11) is 0. The Balaban J connectivity index is 1.48. The van der Waals surface area contributed by atoms with E-state index in [9.17, 15) is 18.0 Å². The van der Waals surface area contributed by atoms with Crippen LogP contribution in [0.3, 0.4) is 0 Å². The van der Waals surface area contributed by atoms with Crippen molar-refractivity contribution in [1.82, 2.24) is 19.8 Å². The number of hydrogen-bond donors (Lipinski definition) is 2. The van der Waals surface area contributed by atoms with Crippen LogP contribution in [0.25, 0.3) is 11.3 Å². The number of rotatable bonds is 5. The fourth-order valence-electron chi connectivity index (χ4n) is 3.11. The van der Waals surface area contributed by atoms with Crippen molar-refractivity contribution in [2.45, 2.75) is 17.0 Å². The number of hydrogen-bond acceptors (Lipinski definition) is 5. The molecule has 0 saturated heterocycles. The molecule has 0 saturated carbocycles. The van der Waals surface area contributed by atoms with Crippen LogP contribution in [0.1, 0.15) is 16.8 Å². The largest absolute Gasteiger partial charge is 0.416 e. The van der Waals surface area contributed by atoms with Crippen LogP contribution in [0.4, 0.5) is 22.4 Å². The van der Waals surface area contributed by atoms with Crippen molar-refractivity contribution >= 4 is 58.1 Å². The number of carbonyl (C=O) groups is 1. The topological polar surface area (TPSA) is 68.2 Å². The normalized spacial score (nSPS) is 15.1. The molecule has 34 heavy (non-hydrogen) atoms. The van der Waals surface area contributed by atoms with Gasteiger partial charge in [0.1, 0.15) is 10.2 Å². The van der Waals surface area contributed by atoms with Gasteiger partial charge in [0.25, 0.3) is 0 Å². The Morgan fingerprint density at radius 1 is 1.24 bits per heavy atom. The predicted octanol–water partition coefficient (Wildman–Crippen LogP) is 6.48. The fourth-order valence-corrected chi connectivity index (χ4v) is 5.40. The molecule has 0 radical (unpaired) electrons. The summed E-state index contributed by atoms with van der Waals surface area (Å²) < 4.78 is 64.0. The van der Waals surface area contributed by atoms with Crippen molar-refractivity contribution in [3.8, 4) is 5.69 Å². The third kappa shape index (κ3) is 5.52. The number of carbonyl (C=O) groups excluding carboxylic acids is 1. The smallest absolute Gasteiger partial charge is 0.372 e. The maximum Gasteiger partial charge on any atom is 0.416 e. The summed E-state index contributed by atoms with van der Waals surface area (Å²) in [6.07, 6.45) is -3.01. The van der Waals surface area contributed by atoms with Crippen LogP contribution >= 0.6 is 46.5 Å². The highest BCUT2D eigenvalue weighted by atomic mass is 35.5. The lowest BCUT2D eigenvalue weighted by molar-refractivity contribution is -0.137. The van der Waals surface area contributed by atoms with E-state index in [0.717, 1.165) is 24.1 Å². The molecule has 1 aliphatic heterocycles. The van der Waals surface area contributed by atoms with Crippen LogP contribution in [0.15, 0.2) is 46.6 Å². The second-order valence-corrected chi connectivity index (χ2v) is 10.1. The summed E-state index contributed by atoms with van der Waals surface area (Å²) in [5, 5.41) is 6.96. The molecular formula is C20H14Cl2F4N4O2S2. The number of halogens is 6. The van der Waals surface area contributed by atoms with Gasteiger partial charge < -0.3 is 10.1 Å². The standard InChI is InChI=1S/C20H14Cl2F4N4O2S2/c21-14-5-16(33-18(14)22)34-29-19(31)27-7-15(23)13-9-32-8-10-6-28-30(17(10)13)12-3-1-11(2-4-12)20(24,25)26/h1-6H,7-9H2,(H2,27,29,31)/b15-13-. The van der Waals surface area contributed by atoms with Gasteiger partial charge in [0, 0.05) is 11.1 Å². The molecule has 0 unspecified atom stereocenters. The summed E-state index contributed by atoms with van der Waals surface area (Å²) in [6.45, 7) is -0.354. The van der Waals surface area contributed by atoms with E-state index in [1.54, 1.807) is 6.07 Å². The van der Waals surface area contributed by atoms with Crippen LogP contribution in [-0.4, -0.2) is 29.0 Å². The number of nitrogens with one attached hydrogen (secondary N) is 2. The summed E-state index contributed by atoms with van der Waals surface area (Å²) >= 11 is 13.9. The fraction of sp³-hybridized carbons (Fsp3) is 0.200. The highest BCUT2D eigenvalue weighted by Crippen LogP contribution is 2.36. The number of ether oxygens (including phenoxy) is 1. The summed E-state index contributed by atoms with van der Waals surface area (Å²) in [5.41, 5.74) is 0.619. The number of benzene rings is 1. The Kier molecular flexibility index (Phi) is 7.43. The third-order valence-electron chi connectivity index (χ3n) is 4.67. The summed E-state index contributed by atoms with van der Waals surface area (Å²) in [5.74, 6) is -0.669. The predicted molar refractivity (Wildman–Crippen MR) is 123 cm³/mol. The number of urea groups is 1. The average molecular weight is 553 g/mol. The first kappa shape index (κ1) is 24.9. The Bertz CT molecular complexity index is 1220. The molecule has 4 rings (SSSR count). The first-order chi connectivity index (χ1) is 16.1. The minimum atomic E-state index is -4.47. The van der Waals surface area contributed by atoms with Gasteiger partial charge in [0.05, 0.1) is 52.1 Å². The molecule has 0 aliphatic carbocycles. The molecule has 0 atom stereocenters. The van der Waals surface area contributed by atoms with Crippen LogP contribution in [0.5, 0.6) is 0 Å². The lowest BCUT2D eigenvalue weighted by atomic mass is 10.1. The van der Waals surface area contributed by atoms with E-state index in [-0.39, 0.29) is 18.8 Å². The van der Waals surface area contributed by atoms with E-state index in [1.165, 1.54) is 34.3 Å². The van der Waals surface area contributed by atoms with Gasteiger partial charge in [-0.2, -0.15) is 18.3 Å². The lowest BCUT2D eigenvalue weighted by Crippen LogP contribution is -2.32. The highest BCUT2D eigenvalue weighted by Gasteiger charge is 2.30. The summed E-state index contributed by atoms with van der Waals surface area (Å²) in [6, 6.07) is 5.32. The first-order valence-corrected chi connectivity index (χ1v) is 11.9. The van der Waals surface area contributed by atoms with E-state index >= 15 is 4.39 Å². The third-order valence-corrected chi connectivity index (χ3v) is 7.44. The second kappa shape index (κ2) is 10.2. The first-order valence-electron chi connectivity index (χ1n) is 9.49. The van der Waals surface area contributed by atoms with Gasteiger partial charge in [-0.05, 0) is 42.3 Å².